The number of thiophene rings is 1. The van der Waals surface area contributed by atoms with Crippen molar-refractivity contribution in [2.24, 2.45) is 0 Å². The van der Waals surface area contributed by atoms with Gasteiger partial charge < -0.3 is 9.84 Å². The Morgan fingerprint density at radius 2 is 2.10 bits per heavy atom. The Balaban J connectivity index is 1.68. The van der Waals surface area contributed by atoms with Gasteiger partial charge in [-0.25, -0.2) is 9.48 Å². The number of hydrogen-bond donors (Lipinski definition) is 1. The topological polar surface area (TPSA) is 64.3 Å². The number of nitrogens with zero attached hydrogens (tertiary/aromatic N) is 2. The quantitative estimate of drug-likeness (QED) is 0.786. The van der Waals surface area contributed by atoms with E-state index in [1.165, 1.54) is 0 Å². The average Bonchev–Trinajstić information content (AvgIpc) is 3.17. The number of aromatic nitrogens is 2. The molecule has 106 valence electrons. The Labute approximate surface area is 125 Å². The lowest BCUT2D eigenvalue weighted by Gasteiger charge is -2.07. The van der Waals surface area contributed by atoms with Crippen molar-refractivity contribution in [1.82, 2.24) is 9.78 Å². The predicted molar refractivity (Wildman–Crippen MR) is 79.2 cm³/mol. The van der Waals surface area contributed by atoms with Gasteiger partial charge in [-0.2, -0.15) is 5.10 Å². The van der Waals surface area contributed by atoms with Crippen molar-refractivity contribution in [2.75, 3.05) is 0 Å². The first-order chi connectivity index (χ1) is 10.2. The van der Waals surface area contributed by atoms with Crippen molar-refractivity contribution in [1.29, 1.82) is 0 Å². The highest BCUT2D eigenvalue weighted by molar-refractivity contribution is 7.12. The molecule has 0 aliphatic rings. The minimum Gasteiger partial charge on any atom is -0.487 e. The van der Waals surface area contributed by atoms with Crippen molar-refractivity contribution in [3.8, 4) is 11.4 Å². The molecule has 0 spiro atoms. The van der Waals surface area contributed by atoms with E-state index in [1.807, 2.05) is 36.5 Å². The lowest BCUT2D eigenvalue weighted by atomic mass is 10.2. The van der Waals surface area contributed by atoms with E-state index in [4.69, 9.17) is 9.84 Å². The molecule has 2 heterocycles. The molecule has 6 heteroatoms. The van der Waals surface area contributed by atoms with E-state index in [1.54, 1.807) is 22.3 Å². The molecule has 0 bridgehead atoms. The second-order valence-corrected chi connectivity index (χ2v) is 5.24. The molecule has 0 saturated carbocycles. The summed E-state index contributed by atoms with van der Waals surface area (Å²) >= 11 is 1.16. The van der Waals surface area contributed by atoms with Crippen molar-refractivity contribution in [3.05, 3.63) is 64.6 Å². The number of rotatable bonds is 5. The third kappa shape index (κ3) is 2.95. The highest BCUT2D eigenvalue weighted by Crippen LogP contribution is 2.25. The number of aromatic carboxylic acids is 1. The maximum Gasteiger partial charge on any atom is 0.349 e. The number of hydrogen-bond acceptors (Lipinski definition) is 4. The third-order valence-corrected chi connectivity index (χ3v) is 3.81. The van der Waals surface area contributed by atoms with Crippen LogP contribution in [-0.2, 0) is 6.61 Å². The summed E-state index contributed by atoms with van der Waals surface area (Å²) in [6.45, 7) is 0.330. The van der Waals surface area contributed by atoms with E-state index < -0.39 is 5.97 Å². The molecule has 0 unspecified atom stereocenters. The molecule has 21 heavy (non-hydrogen) atoms. The highest BCUT2D eigenvalue weighted by atomic mass is 32.1. The van der Waals surface area contributed by atoms with Gasteiger partial charge in [0.25, 0.3) is 0 Å². The molecule has 0 aliphatic heterocycles. The smallest absolute Gasteiger partial charge is 0.349 e. The van der Waals surface area contributed by atoms with Crippen LogP contribution in [0.2, 0.25) is 0 Å². The largest absolute Gasteiger partial charge is 0.487 e. The first kappa shape index (κ1) is 13.4. The summed E-state index contributed by atoms with van der Waals surface area (Å²) < 4.78 is 7.33. The predicted octanol–water partition coefficient (Wildman–Crippen LogP) is 3.21. The fourth-order valence-electron chi connectivity index (χ4n) is 1.89. The monoisotopic (exact) mass is 300 g/mol. The van der Waals surface area contributed by atoms with E-state index in [0.29, 0.717) is 12.4 Å². The fourth-order valence-corrected chi connectivity index (χ4v) is 2.57. The molecule has 0 amide bonds. The van der Waals surface area contributed by atoms with Crippen LogP contribution in [0.3, 0.4) is 0 Å². The number of benzene rings is 1. The van der Waals surface area contributed by atoms with Gasteiger partial charge in [-0.3, -0.25) is 0 Å². The van der Waals surface area contributed by atoms with Gasteiger partial charge in [0.1, 0.15) is 12.4 Å². The molecule has 5 nitrogen and oxygen atoms in total. The van der Waals surface area contributed by atoms with Crippen LogP contribution in [0.15, 0.2) is 54.2 Å². The summed E-state index contributed by atoms with van der Waals surface area (Å²) in [7, 11) is 0. The van der Waals surface area contributed by atoms with Crippen LogP contribution in [0.1, 0.15) is 15.2 Å². The normalized spacial score (nSPS) is 10.5. The van der Waals surface area contributed by atoms with Gasteiger partial charge in [-0.05, 0) is 35.2 Å². The molecular formula is C15H12N2O3S. The maximum atomic E-state index is 11.0. The zero-order valence-electron chi connectivity index (χ0n) is 11.0. The summed E-state index contributed by atoms with van der Waals surface area (Å²) in [4.78, 5) is 11.2. The molecule has 2 aromatic heterocycles. The first-order valence-corrected chi connectivity index (χ1v) is 7.14. The standard InChI is InChI=1S/C15H12N2O3S/c18-15(19)14-13(6-9-21-14)20-10-11-2-4-12(5-3-11)17-8-1-7-16-17/h1-9H,10H2,(H,18,19). The Morgan fingerprint density at radius 1 is 1.29 bits per heavy atom. The van der Waals surface area contributed by atoms with Crippen LogP contribution in [-0.4, -0.2) is 20.9 Å². The second-order valence-electron chi connectivity index (χ2n) is 4.32. The van der Waals surface area contributed by atoms with E-state index >= 15 is 0 Å². The molecule has 1 N–H and O–H groups in total. The van der Waals surface area contributed by atoms with Gasteiger partial charge in [0.05, 0.1) is 5.69 Å². The van der Waals surface area contributed by atoms with Crippen molar-refractivity contribution in [3.63, 3.8) is 0 Å². The molecule has 0 saturated heterocycles. The van der Waals surface area contributed by atoms with Crippen LogP contribution >= 0.6 is 11.3 Å². The molecular weight excluding hydrogens is 288 g/mol. The summed E-state index contributed by atoms with van der Waals surface area (Å²) in [5.41, 5.74) is 1.93. The van der Waals surface area contributed by atoms with E-state index in [9.17, 15) is 4.79 Å². The maximum absolute atomic E-state index is 11.0. The van der Waals surface area contributed by atoms with Crippen molar-refractivity contribution in [2.45, 2.75) is 6.61 Å². The minimum absolute atomic E-state index is 0.225. The molecule has 0 atom stereocenters. The third-order valence-electron chi connectivity index (χ3n) is 2.92. The summed E-state index contributed by atoms with van der Waals surface area (Å²) in [6.07, 6.45) is 3.59. The second kappa shape index (κ2) is 5.80. The Morgan fingerprint density at radius 3 is 2.76 bits per heavy atom. The van der Waals surface area contributed by atoms with Crippen LogP contribution in [0.25, 0.3) is 5.69 Å². The van der Waals surface area contributed by atoms with Crippen LogP contribution in [0.4, 0.5) is 0 Å². The zero-order chi connectivity index (χ0) is 14.7. The molecule has 0 fully saturated rings. The lowest BCUT2D eigenvalue weighted by molar-refractivity contribution is 0.0697. The minimum atomic E-state index is -0.964. The highest BCUT2D eigenvalue weighted by Gasteiger charge is 2.12. The SMILES string of the molecule is O=C(O)c1sccc1OCc1ccc(-n2cccn2)cc1. The van der Waals surface area contributed by atoms with E-state index in [-0.39, 0.29) is 4.88 Å². The molecule has 3 aromatic rings. The summed E-state index contributed by atoms with van der Waals surface area (Å²) in [6, 6.07) is 11.3. The number of carboxylic acids is 1. The summed E-state index contributed by atoms with van der Waals surface area (Å²) in [5.74, 6) is -0.558. The van der Waals surface area contributed by atoms with Gasteiger partial charge in [-0.1, -0.05) is 12.1 Å². The van der Waals surface area contributed by atoms with Gasteiger partial charge in [0.15, 0.2) is 4.88 Å². The van der Waals surface area contributed by atoms with E-state index in [2.05, 4.69) is 5.10 Å². The number of carbonyl (C=O) groups is 1. The molecule has 3 rings (SSSR count). The molecule has 0 aliphatic carbocycles. The van der Waals surface area contributed by atoms with E-state index in [0.717, 1.165) is 22.6 Å². The van der Waals surface area contributed by atoms with Crippen LogP contribution in [0.5, 0.6) is 5.75 Å². The Bertz CT molecular complexity index is 733. The van der Waals surface area contributed by atoms with Gasteiger partial charge in [0, 0.05) is 12.4 Å². The Kier molecular flexibility index (Phi) is 3.70. The van der Waals surface area contributed by atoms with Crippen molar-refractivity contribution < 1.29 is 14.6 Å². The van der Waals surface area contributed by atoms with Crippen LogP contribution in [0, 0.1) is 0 Å². The lowest BCUT2D eigenvalue weighted by Crippen LogP contribution is -2.00. The van der Waals surface area contributed by atoms with Gasteiger partial charge in [0.2, 0.25) is 0 Å². The zero-order valence-corrected chi connectivity index (χ0v) is 11.8. The van der Waals surface area contributed by atoms with Gasteiger partial charge in [-0.15, -0.1) is 11.3 Å². The van der Waals surface area contributed by atoms with Crippen molar-refractivity contribution >= 4 is 17.3 Å². The summed E-state index contributed by atoms with van der Waals surface area (Å²) in [5, 5.41) is 14.9. The van der Waals surface area contributed by atoms with Gasteiger partial charge >= 0.3 is 5.97 Å². The molecule has 1 aromatic carbocycles. The average molecular weight is 300 g/mol. The first-order valence-electron chi connectivity index (χ1n) is 6.26. The van der Waals surface area contributed by atoms with Crippen LogP contribution < -0.4 is 4.74 Å². The number of carboxylic acid groups (broad SMARTS) is 1. The fraction of sp³-hybridized carbons (Fsp3) is 0.0667. The Hall–Kier alpha value is -2.60. The number of ether oxygens (including phenoxy) is 1. The molecule has 0 radical (unpaired) electrons.